The molecular formula is C12H16ClNO. The monoisotopic (exact) mass is 225 g/mol. The fourth-order valence-corrected chi connectivity index (χ4v) is 2.49. The Balaban J connectivity index is 2.19. The fourth-order valence-electron chi connectivity index (χ4n) is 2.36. The Morgan fingerprint density at radius 2 is 2.00 bits per heavy atom. The molecule has 1 aliphatic rings. The maximum Gasteiger partial charge on any atom is 0.0477 e. The highest BCUT2D eigenvalue weighted by atomic mass is 35.5. The van der Waals surface area contributed by atoms with Crippen LogP contribution in [0.5, 0.6) is 0 Å². The van der Waals surface area contributed by atoms with Crippen molar-refractivity contribution in [2.45, 2.75) is 5.92 Å². The third-order valence-corrected chi connectivity index (χ3v) is 3.41. The first kappa shape index (κ1) is 10.9. The summed E-state index contributed by atoms with van der Waals surface area (Å²) in [6, 6.07) is 7.97. The van der Waals surface area contributed by atoms with Crippen LogP contribution in [0.3, 0.4) is 0 Å². The lowest BCUT2D eigenvalue weighted by molar-refractivity contribution is 0.219. The van der Waals surface area contributed by atoms with E-state index < -0.39 is 0 Å². The van der Waals surface area contributed by atoms with Crippen LogP contribution < -0.4 is 0 Å². The van der Waals surface area contributed by atoms with E-state index >= 15 is 0 Å². The molecule has 0 unspecified atom stereocenters. The van der Waals surface area contributed by atoms with Crippen LogP contribution in [0.15, 0.2) is 24.3 Å². The molecule has 1 aromatic rings. The summed E-state index contributed by atoms with van der Waals surface area (Å²) in [7, 11) is 2.10. The molecule has 2 rings (SSSR count). The van der Waals surface area contributed by atoms with Crippen LogP contribution in [0.1, 0.15) is 11.5 Å². The maximum absolute atomic E-state index is 9.32. The van der Waals surface area contributed by atoms with E-state index in [0.717, 1.165) is 18.1 Å². The SMILES string of the molecule is CN1C[C@@H](CO)[C@@H](c2ccc(Cl)cc2)C1. The number of halogens is 1. The highest BCUT2D eigenvalue weighted by Crippen LogP contribution is 2.31. The summed E-state index contributed by atoms with van der Waals surface area (Å²) in [5.74, 6) is 0.799. The zero-order valence-electron chi connectivity index (χ0n) is 8.86. The van der Waals surface area contributed by atoms with E-state index in [9.17, 15) is 5.11 Å². The molecule has 2 atom stereocenters. The fraction of sp³-hybridized carbons (Fsp3) is 0.500. The van der Waals surface area contributed by atoms with E-state index in [1.54, 1.807) is 0 Å². The lowest BCUT2D eigenvalue weighted by Crippen LogP contribution is -2.15. The molecule has 1 aliphatic heterocycles. The molecular weight excluding hydrogens is 210 g/mol. The molecule has 2 nitrogen and oxygen atoms in total. The minimum Gasteiger partial charge on any atom is -0.396 e. The Morgan fingerprint density at radius 1 is 1.33 bits per heavy atom. The third kappa shape index (κ3) is 2.33. The number of hydrogen-bond donors (Lipinski definition) is 1. The van der Waals surface area contributed by atoms with Gasteiger partial charge < -0.3 is 10.0 Å². The highest BCUT2D eigenvalue weighted by molar-refractivity contribution is 6.30. The van der Waals surface area contributed by atoms with Gasteiger partial charge in [-0.3, -0.25) is 0 Å². The Bertz CT molecular complexity index is 325. The first-order chi connectivity index (χ1) is 7.20. The van der Waals surface area contributed by atoms with Gasteiger partial charge in [-0.1, -0.05) is 23.7 Å². The van der Waals surface area contributed by atoms with Gasteiger partial charge in [-0.25, -0.2) is 0 Å². The lowest BCUT2D eigenvalue weighted by atomic mass is 9.90. The normalized spacial score (nSPS) is 27.1. The first-order valence-corrected chi connectivity index (χ1v) is 5.63. The smallest absolute Gasteiger partial charge is 0.0477 e. The first-order valence-electron chi connectivity index (χ1n) is 5.25. The molecule has 1 saturated heterocycles. The lowest BCUT2D eigenvalue weighted by Gasteiger charge is -2.16. The zero-order valence-corrected chi connectivity index (χ0v) is 9.61. The molecule has 0 amide bonds. The topological polar surface area (TPSA) is 23.5 Å². The van der Waals surface area contributed by atoms with Gasteiger partial charge in [-0.05, 0) is 24.7 Å². The number of benzene rings is 1. The van der Waals surface area contributed by atoms with Crippen molar-refractivity contribution in [3.8, 4) is 0 Å². The molecule has 3 heteroatoms. The van der Waals surface area contributed by atoms with Gasteiger partial charge in [0, 0.05) is 36.6 Å². The van der Waals surface area contributed by atoms with Gasteiger partial charge in [0.25, 0.3) is 0 Å². The Labute approximate surface area is 95.5 Å². The highest BCUT2D eigenvalue weighted by Gasteiger charge is 2.31. The second-order valence-corrected chi connectivity index (χ2v) is 4.76. The molecule has 0 spiro atoms. The molecule has 1 fully saturated rings. The molecule has 0 aliphatic carbocycles. The minimum atomic E-state index is 0.262. The van der Waals surface area contributed by atoms with E-state index in [1.807, 2.05) is 12.1 Å². The predicted octanol–water partition coefficient (Wildman–Crippen LogP) is 1.98. The quantitative estimate of drug-likeness (QED) is 0.832. The van der Waals surface area contributed by atoms with Gasteiger partial charge in [0.1, 0.15) is 0 Å². The van der Waals surface area contributed by atoms with Crippen LogP contribution in [0.25, 0.3) is 0 Å². The van der Waals surface area contributed by atoms with Crippen molar-refractivity contribution >= 4 is 11.6 Å². The van der Waals surface area contributed by atoms with Gasteiger partial charge in [0.15, 0.2) is 0 Å². The summed E-state index contributed by atoms with van der Waals surface area (Å²) in [6.07, 6.45) is 0. The predicted molar refractivity (Wildman–Crippen MR) is 62.3 cm³/mol. The minimum absolute atomic E-state index is 0.262. The molecule has 1 aromatic carbocycles. The van der Waals surface area contributed by atoms with E-state index in [1.165, 1.54) is 5.56 Å². The van der Waals surface area contributed by atoms with E-state index in [-0.39, 0.29) is 6.61 Å². The molecule has 1 heterocycles. The van der Waals surface area contributed by atoms with Crippen molar-refractivity contribution in [2.24, 2.45) is 5.92 Å². The summed E-state index contributed by atoms with van der Waals surface area (Å²) < 4.78 is 0. The number of hydrogen-bond acceptors (Lipinski definition) is 2. The van der Waals surface area contributed by atoms with Crippen LogP contribution in [0.4, 0.5) is 0 Å². The van der Waals surface area contributed by atoms with Crippen LogP contribution in [0.2, 0.25) is 5.02 Å². The van der Waals surface area contributed by atoms with E-state index in [4.69, 9.17) is 11.6 Å². The van der Waals surface area contributed by atoms with Gasteiger partial charge in [0.2, 0.25) is 0 Å². The standard InChI is InChI=1S/C12H16ClNO/c1-14-6-10(8-15)12(7-14)9-2-4-11(13)5-3-9/h2-5,10,12,15H,6-8H2,1H3/t10-,12+/m0/s1. The number of nitrogens with zero attached hydrogens (tertiary/aromatic N) is 1. The van der Waals surface area contributed by atoms with Crippen molar-refractivity contribution in [2.75, 3.05) is 26.7 Å². The number of aliphatic hydroxyl groups is 1. The zero-order chi connectivity index (χ0) is 10.8. The van der Waals surface area contributed by atoms with E-state index in [2.05, 4.69) is 24.1 Å². The number of aliphatic hydroxyl groups excluding tert-OH is 1. The second-order valence-electron chi connectivity index (χ2n) is 4.32. The molecule has 1 N–H and O–H groups in total. The second kappa shape index (κ2) is 4.52. The Morgan fingerprint density at radius 3 is 2.60 bits per heavy atom. The summed E-state index contributed by atoms with van der Waals surface area (Å²) in [4.78, 5) is 2.26. The Kier molecular flexibility index (Phi) is 3.29. The van der Waals surface area contributed by atoms with Gasteiger partial charge in [0.05, 0.1) is 0 Å². The number of rotatable bonds is 2. The molecule has 82 valence electrons. The van der Waals surface area contributed by atoms with Crippen LogP contribution in [-0.4, -0.2) is 36.8 Å². The van der Waals surface area contributed by atoms with Crippen LogP contribution >= 0.6 is 11.6 Å². The molecule has 0 radical (unpaired) electrons. The van der Waals surface area contributed by atoms with Gasteiger partial charge in [-0.15, -0.1) is 0 Å². The number of likely N-dealkylation sites (N-methyl/N-ethyl adjacent to an activating group) is 1. The van der Waals surface area contributed by atoms with Crippen molar-refractivity contribution in [3.63, 3.8) is 0 Å². The van der Waals surface area contributed by atoms with Crippen LogP contribution in [-0.2, 0) is 0 Å². The largest absolute Gasteiger partial charge is 0.396 e. The summed E-state index contributed by atoms with van der Waals surface area (Å²) >= 11 is 5.86. The summed E-state index contributed by atoms with van der Waals surface area (Å²) in [5.41, 5.74) is 1.28. The van der Waals surface area contributed by atoms with Gasteiger partial charge in [-0.2, -0.15) is 0 Å². The van der Waals surface area contributed by atoms with E-state index in [0.29, 0.717) is 11.8 Å². The Hall–Kier alpha value is -0.570. The van der Waals surface area contributed by atoms with Gasteiger partial charge >= 0.3 is 0 Å². The van der Waals surface area contributed by atoms with Crippen molar-refractivity contribution in [1.82, 2.24) is 4.90 Å². The summed E-state index contributed by atoms with van der Waals surface area (Å²) in [6.45, 7) is 2.26. The summed E-state index contributed by atoms with van der Waals surface area (Å²) in [5, 5.41) is 10.1. The molecule has 0 aromatic heterocycles. The third-order valence-electron chi connectivity index (χ3n) is 3.16. The average molecular weight is 226 g/mol. The van der Waals surface area contributed by atoms with Crippen molar-refractivity contribution in [1.29, 1.82) is 0 Å². The molecule has 15 heavy (non-hydrogen) atoms. The maximum atomic E-state index is 9.32. The molecule has 0 bridgehead atoms. The molecule has 0 saturated carbocycles. The average Bonchev–Trinajstić information content (AvgIpc) is 2.61. The van der Waals surface area contributed by atoms with Crippen LogP contribution in [0, 0.1) is 5.92 Å². The van der Waals surface area contributed by atoms with Crippen molar-refractivity contribution in [3.05, 3.63) is 34.9 Å². The van der Waals surface area contributed by atoms with Crippen molar-refractivity contribution < 1.29 is 5.11 Å². The number of likely N-dealkylation sites (tertiary alicyclic amines) is 1.